The second-order valence-corrected chi connectivity index (χ2v) is 6.81. The summed E-state index contributed by atoms with van der Waals surface area (Å²) in [5, 5.41) is 11.7. The molecule has 0 aliphatic carbocycles. The van der Waals surface area contributed by atoms with Gasteiger partial charge in [0.25, 0.3) is 0 Å². The van der Waals surface area contributed by atoms with Crippen molar-refractivity contribution in [3.8, 4) is 0 Å². The summed E-state index contributed by atoms with van der Waals surface area (Å²) >= 11 is 0. The molecule has 0 N–H and O–H groups in total. The van der Waals surface area contributed by atoms with Crippen LogP contribution in [0.3, 0.4) is 0 Å². The molecular weight excluding hydrogens is 351 g/mol. The average molecular weight is 368 g/mol. The summed E-state index contributed by atoms with van der Waals surface area (Å²) in [5.41, 5.74) is -0.567. The molecular formula is C19H17FN4O3. The van der Waals surface area contributed by atoms with Crippen molar-refractivity contribution in [2.45, 2.75) is 19.4 Å². The van der Waals surface area contributed by atoms with Crippen LogP contribution in [0.2, 0.25) is 0 Å². The topological polar surface area (TPSA) is 80.8 Å². The van der Waals surface area contributed by atoms with Gasteiger partial charge in [0, 0.05) is 18.3 Å². The second kappa shape index (κ2) is 6.46. The zero-order valence-corrected chi connectivity index (χ0v) is 14.6. The zero-order valence-electron chi connectivity index (χ0n) is 14.6. The van der Waals surface area contributed by atoms with Crippen molar-refractivity contribution in [1.82, 2.24) is 9.38 Å². The van der Waals surface area contributed by atoms with E-state index in [-0.39, 0.29) is 17.6 Å². The van der Waals surface area contributed by atoms with Crippen molar-refractivity contribution in [1.29, 1.82) is 0 Å². The van der Waals surface area contributed by atoms with Gasteiger partial charge in [-0.25, -0.2) is 9.37 Å². The van der Waals surface area contributed by atoms with Gasteiger partial charge >= 0.3 is 11.2 Å². The summed E-state index contributed by atoms with van der Waals surface area (Å²) in [6, 6.07) is 10.9. The molecule has 1 fully saturated rings. The SMILES string of the molecule is CC1CC(c2ccccc2F)N(c2nc3ccccn3c(=O)c2[N+](=O)[O-])C1. The minimum atomic E-state index is -0.743. The molecule has 3 heterocycles. The molecule has 8 heteroatoms. The van der Waals surface area contributed by atoms with Crippen LogP contribution < -0.4 is 10.5 Å². The van der Waals surface area contributed by atoms with Crippen molar-refractivity contribution >= 4 is 17.2 Å². The number of benzene rings is 1. The Bertz CT molecular complexity index is 1100. The minimum Gasteiger partial charge on any atom is -0.343 e. The maximum Gasteiger partial charge on any atom is 0.376 e. The van der Waals surface area contributed by atoms with Crippen molar-refractivity contribution in [2.24, 2.45) is 5.92 Å². The highest BCUT2D eigenvalue weighted by Gasteiger charge is 2.38. The molecule has 4 rings (SSSR count). The van der Waals surface area contributed by atoms with Crippen molar-refractivity contribution in [2.75, 3.05) is 11.4 Å². The summed E-state index contributed by atoms with van der Waals surface area (Å²) in [6.07, 6.45) is 2.07. The Labute approximate surface area is 153 Å². The number of nitro groups is 1. The van der Waals surface area contributed by atoms with Gasteiger partial charge in [-0.2, -0.15) is 0 Å². The van der Waals surface area contributed by atoms with Crippen LogP contribution in [0.1, 0.15) is 24.9 Å². The quantitative estimate of drug-likeness (QED) is 0.523. The number of halogens is 1. The molecule has 2 aromatic heterocycles. The third kappa shape index (κ3) is 2.83. The van der Waals surface area contributed by atoms with E-state index in [1.807, 2.05) is 6.92 Å². The lowest BCUT2D eigenvalue weighted by molar-refractivity contribution is -0.385. The maximum atomic E-state index is 14.4. The lowest BCUT2D eigenvalue weighted by atomic mass is 10.0. The molecule has 138 valence electrons. The lowest BCUT2D eigenvalue weighted by Gasteiger charge is -2.26. The second-order valence-electron chi connectivity index (χ2n) is 6.81. The van der Waals surface area contributed by atoms with Crippen LogP contribution in [0.25, 0.3) is 5.65 Å². The van der Waals surface area contributed by atoms with E-state index >= 15 is 0 Å². The molecule has 0 saturated carbocycles. The van der Waals surface area contributed by atoms with E-state index in [4.69, 9.17) is 0 Å². The Morgan fingerprint density at radius 1 is 1.22 bits per heavy atom. The average Bonchev–Trinajstić information content (AvgIpc) is 3.03. The Kier molecular flexibility index (Phi) is 4.10. The highest BCUT2D eigenvalue weighted by molar-refractivity contribution is 5.63. The first-order valence-corrected chi connectivity index (χ1v) is 8.64. The Morgan fingerprint density at radius 3 is 2.70 bits per heavy atom. The number of hydrogen-bond acceptors (Lipinski definition) is 5. The van der Waals surface area contributed by atoms with Crippen LogP contribution in [0, 0.1) is 21.8 Å². The molecule has 0 amide bonds. The highest BCUT2D eigenvalue weighted by Crippen LogP contribution is 2.41. The van der Waals surface area contributed by atoms with Crippen LogP contribution in [-0.4, -0.2) is 20.9 Å². The normalized spacial score (nSPS) is 19.6. The van der Waals surface area contributed by atoms with Gasteiger partial charge in [-0.1, -0.05) is 31.2 Å². The molecule has 2 atom stereocenters. The van der Waals surface area contributed by atoms with E-state index in [1.165, 1.54) is 12.3 Å². The summed E-state index contributed by atoms with van der Waals surface area (Å²) in [4.78, 5) is 29.8. The number of rotatable bonds is 3. The molecule has 0 radical (unpaired) electrons. The third-order valence-electron chi connectivity index (χ3n) is 4.92. The van der Waals surface area contributed by atoms with Crippen molar-refractivity contribution < 1.29 is 9.31 Å². The van der Waals surface area contributed by atoms with Crippen LogP contribution in [0.5, 0.6) is 0 Å². The fraction of sp³-hybridized carbons (Fsp3) is 0.263. The highest BCUT2D eigenvalue weighted by atomic mass is 19.1. The van der Waals surface area contributed by atoms with E-state index in [2.05, 4.69) is 4.98 Å². The summed E-state index contributed by atoms with van der Waals surface area (Å²) in [6.45, 7) is 2.45. The van der Waals surface area contributed by atoms with Crippen molar-refractivity contribution in [3.05, 3.63) is 80.5 Å². The molecule has 27 heavy (non-hydrogen) atoms. The zero-order chi connectivity index (χ0) is 19.1. The van der Waals surface area contributed by atoms with Crippen LogP contribution >= 0.6 is 0 Å². The van der Waals surface area contributed by atoms with Gasteiger partial charge < -0.3 is 4.90 Å². The largest absolute Gasteiger partial charge is 0.376 e. The number of nitrogens with zero attached hydrogens (tertiary/aromatic N) is 4. The van der Waals surface area contributed by atoms with Crippen LogP contribution in [-0.2, 0) is 0 Å². The minimum absolute atomic E-state index is 0.00574. The predicted molar refractivity (Wildman–Crippen MR) is 98.4 cm³/mol. The van der Waals surface area contributed by atoms with Gasteiger partial charge in [-0.15, -0.1) is 0 Å². The van der Waals surface area contributed by atoms with Gasteiger partial charge in [0.1, 0.15) is 11.5 Å². The number of aromatic nitrogens is 2. The molecule has 3 aromatic rings. The van der Waals surface area contributed by atoms with Crippen LogP contribution in [0.15, 0.2) is 53.5 Å². The van der Waals surface area contributed by atoms with Crippen molar-refractivity contribution in [3.63, 3.8) is 0 Å². The Morgan fingerprint density at radius 2 is 1.96 bits per heavy atom. The molecule has 1 aromatic carbocycles. The third-order valence-corrected chi connectivity index (χ3v) is 4.92. The molecule has 1 aliphatic heterocycles. The summed E-state index contributed by atoms with van der Waals surface area (Å²) in [5.74, 6) is -0.208. The number of hydrogen-bond donors (Lipinski definition) is 0. The first kappa shape index (κ1) is 17.1. The van der Waals surface area contributed by atoms with Crippen LogP contribution in [0.4, 0.5) is 15.9 Å². The van der Waals surface area contributed by atoms with Gasteiger partial charge in [-0.05, 0) is 30.5 Å². The Hall–Kier alpha value is -3.29. The Balaban J connectivity index is 1.94. The molecule has 2 unspecified atom stereocenters. The standard InChI is InChI=1S/C19H17FN4O3/c1-12-10-15(13-6-2-3-7-14(13)20)23(11-12)18-17(24(26)27)19(25)22-9-5-4-8-16(22)21-18/h2-9,12,15H,10-11H2,1H3. The molecule has 7 nitrogen and oxygen atoms in total. The number of fused-ring (bicyclic) bond motifs is 1. The van der Waals surface area contributed by atoms with E-state index in [0.29, 0.717) is 24.2 Å². The maximum absolute atomic E-state index is 14.4. The van der Waals surface area contributed by atoms with Gasteiger partial charge in [0.2, 0.25) is 5.82 Å². The van der Waals surface area contributed by atoms with E-state index in [1.54, 1.807) is 41.3 Å². The summed E-state index contributed by atoms with van der Waals surface area (Å²) in [7, 11) is 0. The van der Waals surface area contributed by atoms with Gasteiger partial charge in [-0.3, -0.25) is 19.3 Å². The number of anilines is 1. The molecule has 1 saturated heterocycles. The van der Waals surface area contributed by atoms with E-state index in [9.17, 15) is 19.3 Å². The molecule has 0 bridgehead atoms. The predicted octanol–water partition coefficient (Wildman–Crippen LogP) is 3.33. The van der Waals surface area contributed by atoms with Gasteiger partial charge in [0.15, 0.2) is 0 Å². The monoisotopic (exact) mass is 368 g/mol. The smallest absolute Gasteiger partial charge is 0.343 e. The fourth-order valence-corrected chi connectivity index (χ4v) is 3.75. The first-order valence-electron chi connectivity index (χ1n) is 8.64. The lowest BCUT2D eigenvalue weighted by Crippen LogP contribution is -2.30. The first-order chi connectivity index (χ1) is 13.0. The summed E-state index contributed by atoms with van der Waals surface area (Å²) < 4.78 is 15.6. The fourth-order valence-electron chi connectivity index (χ4n) is 3.75. The van der Waals surface area contributed by atoms with Gasteiger partial charge in [0.05, 0.1) is 11.0 Å². The van der Waals surface area contributed by atoms with E-state index < -0.39 is 22.2 Å². The van der Waals surface area contributed by atoms with E-state index in [0.717, 1.165) is 4.40 Å². The number of pyridine rings is 1. The molecule has 0 spiro atoms. The molecule has 1 aliphatic rings.